The van der Waals surface area contributed by atoms with Gasteiger partial charge < -0.3 is 0 Å². The van der Waals surface area contributed by atoms with Crippen LogP contribution in [0.15, 0.2) is 30.3 Å². The van der Waals surface area contributed by atoms with Gasteiger partial charge in [0.15, 0.2) is 0 Å². The van der Waals surface area contributed by atoms with Crippen molar-refractivity contribution in [1.82, 2.24) is 0 Å². The third-order valence-electron chi connectivity index (χ3n) is 0.502. The normalized spacial score (nSPS) is 12.7. The summed E-state index contributed by atoms with van der Waals surface area (Å²) in [5, 5.41) is 0. The molecular formula is C6H5. The fourth-order valence-electron chi connectivity index (χ4n) is 0.269. The average molecular weight is 79.1 g/mol. The van der Waals surface area contributed by atoms with E-state index in [0.717, 1.165) is 0 Å². The van der Waals surface area contributed by atoms with E-state index in [4.69, 9.17) is 2.74 Å². The maximum atomic E-state index is 7.01. The molecule has 0 bridgehead atoms. The van der Waals surface area contributed by atoms with E-state index >= 15 is 0 Å². The van der Waals surface area contributed by atoms with Crippen molar-refractivity contribution in [3.63, 3.8) is 0 Å². The molecule has 0 aliphatic heterocycles. The van der Waals surface area contributed by atoms with Gasteiger partial charge in [-0.15, -0.1) is 0 Å². The molecule has 1 aromatic carbocycles. The number of hydrogen-bond donors (Lipinski definition) is 0. The first-order valence-corrected chi connectivity index (χ1v) is 1.74. The van der Waals surface area contributed by atoms with Gasteiger partial charge in [0.2, 0.25) is 0 Å². The van der Waals surface area contributed by atoms with E-state index in [2.05, 4.69) is 6.07 Å². The lowest BCUT2D eigenvalue weighted by molar-refractivity contribution is 1.70. The summed E-state index contributed by atoms with van der Waals surface area (Å²) in [6.07, 6.45) is 0. The van der Waals surface area contributed by atoms with E-state index in [1.165, 1.54) is 6.07 Å². The molecule has 0 N–H and O–H groups in total. The second-order valence-electron chi connectivity index (χ2n) is 0.933. The molecule has 0 heterocycles. The molecule has 29 valence electrons. The Balaban J connectivity index is 3.13. The topological polar surface area (TPSA) is 0 Å². The summed E-state index contributed by atoms with van der Waals surface area (Å²) in [4.78, 5) is 0. The highest BCUT2D eigenvalue weighted by Crippen LogP contribution is 1.78. The molecule has 0 aromatic heterocycles. The number of hydrogen-bond acceptors (Lipinski definition) is 0. The van der Waals surface area contributed by atoms with Crippen LogP contribution in [0.2, 0.25) is 0 Å². The Bertz CT molecular complexity index is 163. The lowest BCUT2D eigenvalue weighted by Gasteiger charge is -1.68. The van der Waals surface area contributed by atoms with E-state index in [1.54, 1.807) is 12.1 Å². The average Bonchev–Trinajstić information content (AvgIpc) is 1.77. The highest BCUT2D eigenvalue weighted by molar-refractivity contribution is 4.97. The molecule has 1 aromatic rings. The van der Waals surface area contributed by atoms with Crippen LogP contribution >= 0.6 is 0 Å². The maximum absolute atomic E-state index is 7.01. The zero-order valence-corrected chi connectivity index (χ0v) is 3.23. The Morgan fingerprint density at radius 2 is 2.33 bits per heavy atom. The van der Waals surface area contributed by atoms with Crippen molar-refractivity contribution in [1.29, 1.82) is 0 Å². The van der Waals surface area contributed by atoms with E-state index in [0.29, 0.717) is 0 Å². The van der Waals surface area contributed by atoms with Crippen molar-refractivity contribution in [2.45, 2.75) is 0 Å². The molecule has 0 atom stereocenters. The van der Waals surface area contributed by atoms with Crippen molar-refractivity contribution < 1.29 is 2.74 Å². The van der Waals surface area contributed by atoms with Crippen molar-refractivity contribution in [3.8, 4) is 0 Å². The van der Waals surface area contributed by atoms with E-state index < -0.39 is 0 Å². The molecule has 0 aliphatic rings. The fourth-order valence-corrected chi connectivity index (χ4v) is 0.269. The van der Waals surface area contributed by atoms with Gasteiger partial charge in [0.1, 0.15) is 0 Å². The first kappa shape index (κ1) is 1.78. The molecule has 0 saturated carbocycles. The summed E-state index contributed by atoms with van der Waals surface area (Å²) in [6, 6.07) is 7.82. The molecule has 0 saturated heterocycles. The third kappa shape index (κ3) is 0.582. The molecule has 0 fully saturated rings. The summed E-state index contributed by atoms with van der Waals surface area (Å²) in [6.45, 7) is 0. The lowest BCUT2D eigenvalue weighted by atomic mass is 10.4. The minimum Gasteiger partial charge on any atom is -0.0622 e. The molecule has 0 aliphatic carbocycles. The predicted molar refractivity (Wildman–Crippen MR) is 25.3 cm³/mol. The second-order valence-corrected chi connectivity index (χ2v) is 0.933. The molecule has 0 nitrogen and oxygen atoms in total. The standard InChI is InChI=1S/C6H5/c1-2-4-6-5-3-1/h1-5H/i1D,2D. The first-order valence-electron chi connectivity index (χ1n) is 2.74. The molecule has 1 rings (SSSR count). The highest BCUT2D eigenvalue weighted by Gasteiger charge is 1.58. The predicted octanol–water partition coefficient (Wildman–Crippen LogP) is 1.49. The van der Waals surface area contributed by atoms with Crippen LogP contribution in [0.3, 0.4) is 0 Å². The van der Waals surface area contributed by atoms with Crippen molar-refractivity contribution >= 4 is 0 Å². The van der Waals surface area contributed by atoms with E-state index in [9.17, 15) is 0 Å². The highest BCUT2D eigenvalue weighted by atomic mass is 13.6. The Labute approximate surface area is 40.2 Å². The van der Waals surface area contributed by atoms with Gasteiger partial charge in [-0.1, -0.05) is 30.3 Å². The number of benzene rings is 1. The minimum absolute atomic E-state index is 0.229. The van der Waals surface area contributed by atoms with Gasteiger partial charge in [-0.2, -0.15) is 0 Å². The summed E-state index contributed by atoms with van der Waals surface area (Å²) in [5.74, 6) is 0. The van der Waals surface area contributed by atoms with Gasteiger partial charge in [-0.25, -0.2) is 0 Å². The summed E-state index contributed by atoms with van der Waals surface area (Å²) >= 11 is 0. The molecule has 1 radical (unpaired) electrons. The smallest absolute Gasteiger partial charge is 0.0622 e. The Hall–Kier alpha value is -0.780. The first-order chi connectivity index (χ1) is 3.80. The second kappa shape index (κ2) is 1.61. The molecular weight excluding hydrogens is 72.1 g/mol. The molecule has 6 heavy (non-hydrogen) atoms. The van der Waals surface area contributed by atoms with Gasteiger partial charge in [0.25, 0.3) is 0 Å². The zero-order valence-electron chi connectivity index (χ0n) is 5.23. The van der Waals surface area contributed by atoms with Crippen LogP contribution < -0.4 is 0 Å². The SMILES string of the molecule is [2H]c1c[c]ccc1[2H]. The van der Waals surface area contributed by atoms with Gasteiger partial charge in [0.05, 0.1) is 2.74 Å². The van der Waals surface area contributed by atoms with Gasteiger partial charge in [-0.3, -0.25) is 0 Å². The Kier molecular flexibility index (Phi) is 0.477. The molecule has 0 amide bonds. The third-order valence-corrected chi connectivity index (χ3v) is 0.502. The van der Waals surface area contributed by atoms with Crippen LogP contribution in [0.5, 0.6) is 0 Å². The molecule has 0 heteroatoms. The van der Waals surface area contributed by atoms with Crippen molar-refractivity contribution in [3.05, 3.63) is 36.4 Å². The number of rotatable bonds is 0. The van der Waals surface area contributed by atoms with Crippen LogP contribution in [0.25, 0.3) is 0 Å². The quantitative estimate of drug-likeness (QED) is 0.442. The lowest BCUT2D eigenvalue weighted by Crippen LogP contribution is -1.49. The maximum Gasteiger partial charge on any atom is 0.0623 e. The largest absolute Gasteiger partial charge is 0.0623 e. The summed E-state index contributed by atoms with van der Waals surface area (Å²) < 4.78 is 14.0. The van der Waals surface area contributed by atoms with E-state index in [1.807, 2.05) is 0 Å². The van der Waals surface area contributed by atoms with E-state index in [-0.39, 0.29) is 12.1 Å². The van der Waals surface area contributed by atoms with Crippen LogP contribution in [0.1, 0.15) is 2.74 Å². The van der Waals surface area contributed by atoms with Crippen molar-refractivity contribution in [2.24, 2.45) is 0 Å². The van der Waals surface area contributed by atoms with Crippen molar-refractivity contribution in [2.75, 3.05) is 0 Å². The Morgan fingerprint density at radius 3 is 2.83 bits per heavy atom. The fraction of sp³-hybridized carbons (Fsp3) is 0. The Morgan fingerprint density at radius 1 is 1.33 bits per heavy atom. The minimum atomic E-state index is 0.229. The van der Waals surface area contributed by atoms with Crippen LogP contribution in [-0.4, -0.2) is 0 Å². The summed E-state index contributed by atoms with van der Waals surface area (Å²) in [5.41, 5.74) is 0. The van der Waals surface area contributed by atoms with Crippen LogP contribution in [-0.2, 0) is 0 Å². The zero-order chi connectivity index (χ0) is 5.98. The summed E-state index contributed by atoms with van der Waals surface area (Å²) in [7, 11) is 0. The monoisotopic (exact) mass is 79.1 g/mol. The van der Waals surface area contributed by atoms with Gasteiger partial charge in [-0.05, 0) is 6.07 Å². The molecule has 0 unspecified atom stereocenters. The van der Waals surface area contributed by atoms with Gasteiger partial charge >= 0.3 is 0 Å². The molecule has 0 spiro atoms. The van der Waals surface area contributed by atoms with Gasteiger partial charge in [0, 0.05) is 0 Å². The van der Waals surface area contributed by atoms with Crippen LogP contribution in [0.4, 0.5) is 0 Å². The van der Waals surface area contributed by atoms with Crippen LogP contribution in [0, 0.1) is 6.07 Å².